The molecule has 0 bridgehead atoms. The van der Waals surface area contributed by atoms with Crippen LogP contribution in [0, 0.1) is 0 Å². The highest BCUT2D eigenvalue weighted by Gasteiger charge is 2.09. The molecule has 0 spiro atoms. The number of hydrogen-bond acceptors (Lipinski definition) is 3. The van der Waals surface area contributed by atoms with Crippen LogP contribution in [0.4, 0.5) is 5.69 Å². The maximum Gasteiger partial charge on any atom is 0.238 e. The number of nitrogens with one attached hydrogen (secondary N) is 1. The van der Waals surface area contributed by atoms with Gasteiger partial charge in [-0.05, 0) is 49.2 Å². The van der Waals surface area contributed by atoms with Crippen molar-refractivity contribution in [2.24, 2.45) is 0 Å². The van der Waals surface area contributed by atoms with Gasteiger partial charge in [-0.1, -0.05) is 39.3 Å². The first-order valence-electron chi connectivity index (χ1n) is 8.85. The van der Waals surface area contributed by atoms with Gasteiger partial charge in [-0.25, -0.2) is 0 Å². The number of carbonyl (C=O) groups excluding carboxylic acids is 1. The largest absolute Gasteiger partial charge is 0.494 e. The summed E-state index contributed by atoms with van der Waals surface area (Å²) in [6, 6.07) is 12.0. The van der Waals surface area contributed by atoms with E-state index >= 15 is 0 Å². The van der Waals surface area contributed by atoms with Gasteiger partial charge in [0.15, 0.2) is 0 Å². The minimum atomic E-state index is 0.0227. The van der Waals surface area contributed by atoms with Gasteiger partial charge < -0.3 is 10.1 Å². The second-order valence-corrected chi connectivity index (χ2v) is 5.90. The van der Waals surface area contributed by atoms with Crippen LogP contribution in [-0.4, -0.2) is 37.0 Å². The first kappa shape index (κ1) is 18.3. The smallest absolute Gasteiger partial charge is 0.238 e. The number of rotatable bonds is 9. The van der Waals surface area contributed by atoms with Gasteiger partial charge in [-0.3, -0.25) is 9.69 Å². The van der Waals surface area contributed by atoms with Gasteiger partial charge in [0.05, 0.1) is 13.2 Å². The highest BCUT2D eigenvalue weighted by atomic mass is 16.5. The molecule has 0 aliphatic carbocycles. The van der Waals surface area contributed by atoms with Gasteiger partial charge in [0.2, 0.25) is 5.91 Å². The predicted octanol–water partition coefficient (Wildman–Crippen LogP) is 4.30. The molecule has 1 amide bonds. The Bertz CT molecular complexity index is 666. The van der Waals surface area contributed by atoms with Gasteiger partial charge in [0.1, 0.15) is 5.75 Å². The van der Waals surface area contributed by atoms with Crippen molar-refractivity contribution in [3.05, 3.63) is 36.4 Å². The fourth-order valence-corrected chi connectivity index (χ4v) is 2.63. The molecule has 130 valence electrons. The van der Waals surface area contributed by atoms with Crippen molar-refractivity contribution in [1.82, 2.24) is 4.90 Å². The Kier molecular flexibility index (Phi) is 7.07. The molecule has 0 saturated carbocycles. The van der Waals surface area contributed by atoms with E-state index in [9.17, 15) is 4.79 Å². The summed E-state index contributed by atoms with van der Waals surface area (Å²) in [6.45, 7) is 9.18. The normalized spacial score (nSPS) is 11.0. The van der Waals surface area contributed by atoms with E-state index in [1.165, 1.54) is 0 Å². The van der Waals surface area contributed by atoms with Crippen LogP contribution in [0.15, 0.2) is 36.4 Å². The molecule has 0 atom stereocenters. The lowest BCUT2D eigenvalue weighted by Gasteiger charge is -2.18. The lowest BCUT2D eigenvalue weighted by atomic mass is 10.1. The van der Waals surface area contributed by atoms with Gasteiger partial charge in [0, 0.05) is 11.1 Å². The van der Waals surface area contributed by atoms with Crippen LogP contribution in [0.3, 0.4) is 0 Å². The Hall–Kier alpha value is -2.07. The van der Waals surface area contributed by atoms with Crippen LogP contribution < -0.4 is 10.1 Å². The average molecular weight is 328 g/mol. The van der Waals surface area contributed by atoms with Crippen molar-refractivity contribution in [2.45, 2.75) is 33.6 Å². The van der Waals surface area contributed by atoms with E-state index in [1.807, 2.05) is 36.4 Å². The third-order valence-electron chi connectivity index (χ3n) is 4.15. The molecular formula is C20H28N2O2. The van der Waals surface area contributed by atoms with E-state index in [2.05, 4.69) is 31.0 Å². The molecule has 0 aromatic heterocycles. The number of ether oxygens (including phenoxy) is 1. The quantitative estimate of drug-likeness (QED) is 0.698. The maximum absolute atomic E-state index is 12.2. The molecule has 0 heterocycles. The molecular weight excluding hydrogens is 300 g/mol. The van der Waals surface area contributed by atoms with Crippen molar-refractivity contribution in [1.29, 1.82) is 0 Å². The number of anilines is 1. The van der Waals surface area contributed by atoms with Crippen molar-refractivity contribution in [2.75, 3.05) is 31.6 Å². The van der Waals surface area contributed by atoms with E-state index < -0.39 is 0 Å². The Labute approximate surface area is 144 Å². The highest BCUT2D eigenvalue weighted by molar-refractivity contribution is 6.03. The van der Waals surface area contributed by atoms with E-state index in [-0.39, 0.29) is 5.91 Å². The number of fused-ring (bicyclic) bond motifs is 1. The summed E-state index contributed by atoms with van der Waals surface area (Å²) in [7, 11) is 0. The summed E-state index contributed by atoms with van der Waals surface area (Å²) >= 11 is 0. The van der Waals surface area contributed by atoms with E-state index in [4.69, 9.17) is 4.74 Å². The number of benzene rings is 2. The van der Waals surface area contributed by atoms with Crippen molar-refractivity contribution in [3.8, 4) is 5.75 Å². The summed E-state index contributed by atoms with van der Waals surface area (Å²) in [5, 5.41) is 5.14. The summed E-state index contributed by atoms with van der Waals surface area (Å²) in [4.78, 5) is 14.3. The number of hydrogen-bond donors (Lipinski definition) is 1. The Balaban J connectivity index is 2.12. The van der Waals surface area contributed by atoms with Gasteiger partial charge in [0.25, 0.3) is 0 Å². The van der Waals surface area contributed by atoms with E-state index in [1.54, 1.807) is 0 Å². The number of unbranched alkanes of at least 4 members (excludes halogenated alkanes) is 1. The zero-order valence-electron chi connectivity index (χ0n) is 15.0. The molecule has 2 aromatic rings. The first-order chi connectivity index (χ1) is 11.7. The fourth-order valence-electron chi connectivity index (χ4n) is 2.63. The number of amides is 1. The summed E-state index contributed by atoms with van der Waals surface area (Å²) in [5.74, 6) is 0.900. The lowest BCUT2D eigenvalue weighted by Crippen LogP contribution is -2.32. The van der Waals surface area contributed by atoms with Crippen LogP contribution >= 0.6 is 0 Å². The summed E-state index contributed by atoms with van der Waals surface area (Å²) in [5.41, 5.74) is 0.852. The summed E-state index contributed by atoms with van der Waals surface area (Å²) < 4.78 is 5.76. The zero-order chi connectivity index (χ0) is 17.4. The SMILES string of the molecule is CCCCOc1ccc2c(NC(=O)CN(CC)CC)cccc2c1. The molecule has 1 N–H and O–H groups in total. The first-order valence-corrected chi connectivity index (χ1v) is 8.85. The molecule has 2 rings (SSSR count). The van der Waals surface area contributed by atoms with Crippen LogP contribution in [-0.2, 0) is 4.79 Å². The standard InChI is InChI=1S/C20H28N2O2/c1-4-7-13-24-17-11-12-18-16(14-17)9-8-10-19(18)21-20(23)15-22(5-2)6-3/h8-12,14H,4-7,13,15H2,1-3H3,(H,21,23). The third-order valence-corrected chi connectivity index (χ3v) is 4.15. The molecule has 0 fully saturated rings. The minimum absolute atomic E-state index is 0.0227. The van der Waals surface area contributed by atoms with Crippen LogP contribution in [0.2, 0.25) is 0 Å². The highest BCUT2D eigenvalue weighted by Crippen LogP contribution is 2.27. The molecule has 0 aliphatic heterocycles. The maximum atomic E-state index is 12.2. The molecule has 4 nitrogen and oxygen atoms in total. The number of likely N-dealkylation sites (N-methyl/N-ethyl adjacent to an activating group) is 1. The topological polar surface area (TPSA) is 41.6 Å². The minimum Gasteiger partial charge on any atom is -0.494 e. The molecule has 2 aromatic carbocycles. The number of nitrogens with zero attached hydrogens (tertiary/aromatic N) is 1. The van der Waals surface area contributed by atoms with Gasteiger partial charge in [-0.15, -0.1) is 0 Å². The van der Waals surface area contributed by atoms with Crippen molar-refractivity contribution >= 4 is 22.4 Å². The Morgan fingerprint density at radius 3 is 2.62 bits per heavy atom. The molecule has 0 saturated heterocycles. The van der Waals surface area contributed by atoms with E-state index in [0.29, 0.717) is 6.54 Å². The lowest BCUT2D eigenvalue weighted by molar-refractivity contribution is -0.117. The van der Waals surface area contributed by atoms with Gasteiger partial charge in [-0.2, -0.15) is 0 Å². The fraction of sp³-hybridized carbons (Fsp3) is 0.450. The average Bonchev–Trinajstić information content (AvgIpc) is 2.60. The monoisotopic (exact) mass is 328 g/mol. The molecule has 0 unspecified atom stereocenters. The van der Waals surface area contributed by atoms with Gasteiger partial charge >= 0.3 is 0 Å². The van der Waals surface area contributed by atoms with Crippen molar-refractivity contribution in [3.63, 3.8) is 0 Å². The molecule has 4 heteroatoms. The van der Waals surface area contributed by atoms with E-state index in [0.717, 1.165) is 54.7 Å². The zero-order valence-corrected chi connectivity index (χ0v) is 15.0. The van der Waals surface area contributed by atoms with Crippen LogP contribution in [0.5, 0.6) is 5.75 Å². The molecule has 24 heavy (non-hydrogen) atoms. The van der Waals surface area contributed by atoms with Crippen molar-refractivity contribution < 1.29 is 9.53 Å². The van der Waals surface area contributed by atoms with Crippen LogP contribution in [0.25, 0.3) is 10.8 Å². The molecule has 0 aliphatic rings. The second-order valence-electron chi connectivity index (χ2n) is 5.90. The Morgan fingerprint density at radius 2 is 1.92 bits per heavy atom. The Morgan fingerprint density at radius 1 is 1.12 bits per heavy atom. The second kappa shape index (κ2) is 9.28. The van der Waals surface area contributed by atoms with Crippen LogP contribution in [0.1, 0.15) is 33.6 Å². The summed E-state index contributed by atoms with van der Waals surface area (Å²) in [6.07, 6.45) is 2.18. The number of carbonyl (C=O) groups is 1. The predicted molar refractivity (Wildman–Crippen MR) is 101 cm³/mol. The molecule has 0 radical (unpaired) electrons. The third kappa shape index (κ3) is 4.96.